The SMILES string of the molecule is Cc1cc(Cl)c2c(c1)CC(C(=O)Cc1scc(-c3ccc(Cl)cc3)c1C(=O)O)=C2.Cc1ccc(-c2csc(NC(=O)c3cc4c(Cl)cc(C)cc4[nH]3)c2C(=O)O)cc1.Cn1c(C(=O)Nc2scc(-c3ccc(Cl)cc3)c2C(=O)O)nc2ccccc21.O=C(Nc1scc(-c2ccc(Br)cc2)c1C(=O)O)C1=Nc2ccccc2C1.O=C(Nc1scc(-c2ccc(Cl)cc2)c1C(=O)O)C1=NC2C=CC=CC2N1. The number of aromatic nitrogens is 3. The number of carboxylic acids is 5. The number of aryl methyl sites for hydroxylation is 4. The second-order valence-electron chi connectivity index (χ2n) is 32.0. The van der Waals surface area contributed by atoms with Crippen LogP contribution in [-0.2, 0) is 40.7 Å². The molecule has 0 saturated heterocycles. The van der Waals surface area contributed by atoms with E-state index in [2.05, 4.69) is 62.5 Å². The van der Waals surface area contributed by atoms with Crippen LogP contribution in [0.5, 0.6) is 0 Å². The number of allylic oxidation sites excluding steroid dienone is 3. The first-order chi connectivity index (χ1) is 67.2. The number of aromatic amines is 1. The lowest BCUT2D eigenvalue weighted by Crippen LogP contribution is -2.38. The maximum atomic E-state index is 12.9. The number of amides is 4. The van der Waals surface area contributed by atoms with Crippen LogP contribution in [0.15, 0.2) is 271 Å². The Bertz CT molecular complexity index is 7870. The highest BCUT2D eigenvalue weighted by atomic mass is 79.9. The average Bonchev–Trinajstić information content (AvgIpc) is 1.62. The number of thiophene rings is 5. The molecule has 7 aromatic heterocycles. The Kier molecular flexibility index (Phi) is 30.3. The molecule has 702 valence electrons. The smallest absolute Gasteiger partial charge is 0.339 e. The third kappa shape index (κ3) is 22.2. The molecule has 0 radical (unpaired) electrons. The normalized spacial score (nSPS) is 13.3. The highest BCUT2D eigenvalue weighted by Gasteiger charge is 2.34. The number of H-pyrrole nitrogens is 1. The van der Waals surface area contributed by atoms with Gasteiger partial charge in [0.05, 0.1) is 39.4 Å². The van der Waals surface area contributed by atoms with Crippen LogP contribution in [0.25, 0.3) is 83.6 Å². The van der Waals surface area contributed by atoms with Crippen molar-refractivity contribution in [3.8, 4) is 55.6 Å². The van der Waals surface area contributed by atoms with Crippen LogP contribution in [0.3, 0.4) is 0 Å². The summed E-state index contributed by atoms with van der Waals surface area (Å²) < 4.78 is 2.59. The van der Waals surface area contributed by atoms with Gasteiger partial charge in [-0.1, -0.05) is 213 Å². The molecule has 9 heterocycles. The number of fused-ring (bicyclic) bond motifs is 5. The number of ketones is 1. The van der Waals surface area contributed by atoms with Crippen molar-refractivity contribution in [3.63, 3.8) is 0 Å². The summed E-state index contributed by atoms with van der Waals surface area (Å²) in [6.07, 6.45) is 10.5. The number of carbonyl (C=O) groups excluding carboxylic acids is 5. The van der Waals surface area contributed by atoms with Crippen molar-refractivity contribution in [2.45, 2.75) is 52.1 Å². The molecule has 140 heavy (non-hydrogen) atoms. The molecular weight excluding hydrogens is 2050 g/mol. The lowest BCUT2D eigenvalue weighted by atomic mass is 9.99. The summed E-state index contributed by atoms with van der Waals surface area (Å²) in [6, 6.07) is 59.8. The van der Waals surface area contributed by atoms with Gasteiger partial charge in [0.15, 0.2) is 17.4 Å². The fourth-order valence-electron chi connectivity index (χ4n) is 15.8. The molecule has 2 unspecified atom stereocenters. The molecular formula is C104H74BrCl5N10O15S5. The number of hydrogen-bond acceptors (Lipinski definition) is 19. The van der Waals surface area contributed by atoms with Crippen molar-refractivity contribution < 1.29 is 73.5 Å². The number of nitrogens with zero attached hydrogens (tertiary/aromatic N) is 4. The zero-order valence-electron chi connectivity index (χ0n) is 73.5. The predicted molar refractivity (Wildman–Crippen MR) is 563 cm³/mol. The molecule has 20 rings (SSSR count). The predicted octanol–water partition coefficient (Wildman–Crippen LogP) is 26.2. The van der Waals surface area contributed by atoms with Gasteiger partial charge in [0, 0.05) is 122 Å². The Labute approximate surface area is 851 Å². The van der Waals surface area contributed by atoms with Gasteiger partial charge in [-0.05, 0) is 179 Å². The Balaban J connectivity index is 0.000000126. The van der Waals surface area contributed by atoms with Gasteiger partial charge in [-0.3, -0.25) is 29.0 Å². The van der Waals surface area contributed by atoms with E-state index in [4.69, 9.17) is 58.0 Å². The van der Waals surface area contributed by atoms with Crippen LogP contribution in [0.1, 0.15) is 111 Å². The fourth-order valence-corrected chi connectivity index (χ4v) is 22.0. The van der Waals surface area contributed by atoms with Crippen molar-refractivity contribution in [1.82, 2.24) is 19.9 Å². The number of benzene rings is 9. The number of halogens is 6. The largest absolute Gasteiger partial charge is 0.478 e. The maximum Gasteiger partial charge on any atom is 0.339 e. The number of carboxylic acid groups (broad SMARTS) is 5. The number of carbonyl (C=O) groups is 10. The van der Waals surface area contributed by atoms with E-state index < -0.39 is 47.6 Å². The van der Waals surface area contributed by atoms with Crippen molar-refractivity contribution in [3.05, 3.63) is 364 Å². The second kappa shape index (κ2) is 43.0. The molecule has 2 aliphatic carbocycles. The number of Topliss-reactive ketones (excluding diaryl/α,β-unsaturated/α-hetero) is 1. The minimum Gasteiger partial charge on any atom is -0.478 e. The van der Waals surface area contributed by atoms with Crippen LogP contribution in [-0.4, -0.2) is 123 Å². The molecule has 36 heteroatoms. The Morgan fingerprint density at radius 3 is 1.43 bits per heavy atom. The Morgan fingerprint density at radius 2 is 0.914 bits per heavy atom. The van der Waals surface area contributed by atoms with Gasteiger partial charge in [-0.15, -0.1) is 56.7 Å². The fraction of sp³-hybridized carbons (Fsp3) is 0.0865. The van der Waals surface area contributed by atoms with E-state index >= 15 is 0 Å². The molecule has 4 amide bonds. The molecule has 0 bridgehead atoms. The van der Waals surface area contributed by atoms with E-state index in [0.29, 0.717) is 114 Å². The molecule has 16 aromatic rings. The standard InChI is InChI=1S/C23H16Cl2O3S.C22H17ClN2O3S.C20H13BrN2O3S.C20H14ClN3O3S.C19H14ClN3O3S/c1-12-6-14-8-15(9-17(14)19(25)7-12)20(26)10-21-22(23(27)28)18(11-29-21)13-2-4-16(24)5-3-13;1-11-3-5-13(6-4-11)15-10-29-21(19(15)22(27)28)25-20(26)18-9-14-16(23)7-12(2)8-17(14)24-18;21-13-7-5-11(6-8-13)14-10-27-19(17(14)20(25)26)23-18(24)16-9-12-3-1-2-4-15(12)22-16;1-24-15-5-3-2-4-14(15)22-17(24)18(25)23-19-16(20(26)27)13(10-28-19)11-6-8-12(21)9-7-11;20-11-7-5-10(6-8-11)12-9-27-18(15(12)19(25)26)23-17(24)16-21-13-3-1-2-4-14(13)22-16/h2-7,9,11H,8,10H2,1H3,(H,27,28);3-10,24H,1-2H3,(H,25,26)(H,27,28);1-8,10H,9H2,(H,23,24)(H,25,26);2-10H,1H3,(H,23,25)(H,26,27);1-9,13-14H,(H,21,22)(H,23,24)(H,25,26). The van der Waals surface area contributed by atoms with Gasteiger partial charge >= 0.3 is 29.8 Å². The first kappa shape index (κ1) is 98.7. The molecule has 2 atom stereocenters. The molecule has 11 N–H and O–H groups in total. The Morgan fingerprint density at radius 1 is 0.464 bits per heavy atom. The first-order valence-corrected chi connectivity index (χ1v) is 49.4. The number of aromatic carboxylic acids is 5. The van der Waals surface area contributed by atoms with E-state index in [-0.39, 0.29) is 79.7 Å². The topological polar surface area (TPSA) is 390 Å². The Hall–Kier alpha value is -14.3. The zero-order chi connectivity index (χ0) is 99.2. The molecule has 25 nitrogen and oxygen atoms in total. The van der Waals surface area contributed by atoms with Crippen LogP contribution in [0.2, 0.25) is 25.1 Å². The minimum atomic E-state index is -1.12. The highest BCUT2D eigenvalue weighted by molar-refractivity contribution is 9.10. The quantitative estimate of drug-likeness (QED) is 0.0318. The number of nitrogens with one attached hydrogen (secondary N) is 6. The summed E-state index contributed by atoms with van der Waals surface area (Å²) in [7, 11) is 1.75. The van der Waals surface area contributed by atoms with Crippen molar-refractivity contribution in [1.29, 1.82) is 0 Å². The highest BCUT2D eigenvalue weighted by Crippen LogP contribution is 2.44. The lowest BCUT2D eigenvalue weighted by molar-refractivity contribution is -0.115. The third-order valence-corrected chi connectivity index (χ3v) is 29.0. The van der Waals surface area contributed by atoms with E-state index in [0.717, 1.165) is 99.3 Å². The summed E-state index contributed by atoms with van der Waals surface area (Å²) in [4.78, 5) is 140. The van der Waals surface area contributed by atoms with Crippen LogP contribution >= 0.6 is 131 Å². The van der Waals surface area contributed by atoms with Gasteiger partial charge in [-0.2, -0.15) is 0 Å². The minimum absolute atomic E-state index is 0.0411. The maximum absolute atomic E-state index is 12.9. The van der Waals surface area contributed by atoms with Gasteiger partial charge in [0.25, 0.3) is 23.6 Å². The second-order valence-corrected chi connectivity index (χ2v) is 39.5. The molecule has 0 saturated carbocycles. The number of para-hydroxylation sites is 3. The van der Waals surface area contributed by atoms with E-state index in [1.165, 1.54) is 34.0 Å². The van der Waals surface area contributed by atoms with Gasteiger partial charge in [0.2, 0.25) is 0 Å². The summed E-state index contributed by atoms with van der Waals surface area (Å²) in [6.45, 7) is 5.85. The first-order valence-electron chi connectivity index (χ1n) is 42.3. The summed E-state index contributed by atoms with van der Waals surface area (Å²) in [5.74, 6) is -6.85. The lowest BCUT2D eigenvalue weighted by Gasteiger charge is -2.13. The van der Waals surface area contributed by atoms with Gasteiger partial charge in [0.1, 0.15) is 53.7 Å². The zero-order valence-corrected chi connectivity index (χ0v) is 83.0. The monoisotopic (exact) mass is 2120 g/mol. The van der Waals surface area contributed by atoms with E-state index in [1.807, 2.05) is 172 Å². The molecule has 2 aliphatic heterocycles. The number of imidazole rings is 1. The van der Waals surface area contributed by atoms with E-state index in [9.17, 15) is 73.5 Å². The number of rotatable bonds is 21. The number of amidine groups is 1. The third-order valence-electron chi connectivity index (χ3n) is 22.6. The van der Waals surface area contributed by atoms with Crippen LogP contribution < -0.4 is 26.6 Å². The summed E-state index contributed by atoms with van der Waals surface area (Å²) >= 11 is 39.7. The average molecular weight is 2120 g/mol. The van der Waals surface area contributed by atoms with E-state index in [1.54, 1.807) is 117 Å². The van der Waals surface area contributed by atoms with Crippen molar-refractivity contribution in [2.24, 2.45) is 17.0 Å². The number of anilines is 4. The van der Waals surface area contributed by atoms with Crippen LogP contribution in [0.4, 0.5) is 25.7 Å². The molecule has 0 fully saturated rings. The number of aliphatic imine (C=N–C) groups is 2. The molecule has 0 spiro atoms. The molecule has 9 aromatic carbocycles. The van der Waals surface area contributed by atoms with Crippen molar-refractivity contribution >= 4 is 255 Å². The summed E-state index contributed by atoms with van der Waals surface area (Å²) in [5.41, 5.74) is 17.4. The van der Waals surface area contributed by atoms with Crippen LogP contribution in [0, 0.1) is 20.8 Å². The van der Waals surface area contributed by atoms with Gasteiger partial charge < -0.3 is 61.7 Å². The van der Waals surface area contributed by atoms with Crippen molar-refractivity contribution in [2.75, 3.05) is 21.3 Å². The van der Waals surface area contributed by atoms with Gasteiger partial charge in [-0.25, -0.2) is 33.9 Å². The number of hydrogen-bond donors (Lipinski definition) is 11. The molecule has 4 aliphatic rings. The summed E-state index contributed by atoms with van der Waals surface area (Å²) in [5, 5.41) is 75.9.